The average Bonchev–Trinajstić information content (AvgIpc) is 3.31. The second kappa shape index (κ2) is 8.06. The Balaban J connectivity index is 1.69. The molecule has 8 heteroatoms. The van der Waals surface area contributed by atoms with E-state index in [0.29, 0.717) is 34.8 Å². The summed E-state index contributed by atoms with van der Waals surface area (Å²) < 4.78 is 8.15. The van der Waals surface area contributed by atoms with E-state index in [0.717, 1.165) is 11.4 Å². The van der Waals surface area contributed by atoms with Crippen molar-refractivity contribution in [3.63, 3.8) is 0 Å². The second-order valence-corrected chi connectivity index (χ2v) is 7.03. The summed E-state index contributed by atoms with van der Waals surface area (Å²) in [5.74, 6) is -0.106. The first-order valence-electron chi connectivity index (χ1n) is 9.07. The molecule has 29 heavy (non-hydrogen) atoms. The smallest absolute Gasteiger partial charge is 0.337 e. The van der Waals surface area contributed by atoms with Crippen LogP contribution in [0.3, 0.4) is 0 Å². The molecule has 4 rings (SSSR count). The van der Waals surface area contributed by atoms with Crippen LogP contribution in [0.15, 0.2) is 55.0 Å². The highest BCUT2D eigenvalue weighted by molar-refractivity contribution is 6.31. The molecule has 2 N–H and O–H groups in total. The van der Waals surface area contributed by atoms with E-state index in [1.54, 1.807) is 18.3 Å². The van der Waals surface area contributed by atoms with Gasteiger partial charge in [0.15, 0.2) is 0 Å². The molecule has 3 aromatic heterocycles. The molecule has 0 radical (unpaired) electrons. The lowest BCUT2D eigenvalue weighted by atomic mass is 10.1. The predicted octanol–water partition coefficient (Wildman–Crippen LogP) is 4.00. The zero-order valence-electron chi connectivity index (χ0n) is 15.7. The van der Waals surface area contributed by atoms with E-state index in [1.165, 1.54) is 12.3 Å². The van der Waals surface area contributed by atoms with Gasteiger partial charge in [-0.05, 0) is 18.2 Å². The third-order valence-electron chi connectivity index (χ3n) is 4.77. The van der Waals surface area contributed by atoms with Crippen molar-refractivity contribution in [2.75, 3.05) is 6.61 Å². The average molecular weight is 411 g/mol. The molecule has 3 heterocycles. The number of carboxylic acid groups (broad SMARTS) is 1. The van der Waals surface area contributed by atoms with Crippen molar-refractivity contribution in [1.29, 1.82) is 0 Å². The van der Waals surface area contributed by atoms with Crippen molar-refractivity contribution in [1.82, 2.24) is 19.5 Å². The largest absolute Gasteiger partial charge is 0.478 e. The van der Waals surface area contributed by atoms with Crippen molar-refractivity contribution >= 4 is 28.6 Å². The zero-order chi connectivity index (χ0) is 20.4. The van der Waals surface area contributed by atoms with Crippen molar-refractivity contribution in [3.8, 4) is 0 Å². The molecular weight excluding hydrogens is 392 g/mol. The molecule has 0 fully saturated rings. The number of H-pyrrole nitrogens is 1. The lowest BCUT2D eigenvalue weighted by molar-refractivity contribution is 0.0698. The van der Waals surface area contributed by atoms with Crippen LogP contribution >= 0.6 is 11.6 Å². The van der Waals surface area contributed by atoms with E-state index in [9.17, 15) is 9.90 Å². The Morgan fingerprint density at radius 2 is 2.10 bits per heavy atom. The number of aromatic amines is 1. The first-order valence-corrected chi connectivity index (χ1v) is 9.45. The number of carboxylic acids is 1. The molecular formula is C21H19ClN4O3. The summed E-state index contributed by atoms with van der Waals surface area (Å²) in [7, 11) is 1.94. The number of nitrogens with one attached hydrogen (secondary N) is 1. The number of halogens is 1. The molecule has 0 aliphatic heterocycles. The number of imidazole rings is 1. The van der Waals surface area contributed by atoms with Crippen LogP contribution in [0, 0.1) is 0 Å². The number of pyridine rings is 1. The molecule has 0 unspecified atom stereocenters. The van der Waals surface area contributed by atoms with Crippen LogP contribution in [0.2, 0.25) is 5.02 Å². The number of nitrogens with zero attached hydrogens (tertiary/aromatic N) is 3. The van der Waals surface area contributed by atoms with Gasteiger partial charge in [0.2, 0.25) is 0 Å². The van der Waals surface area contributed by atoms with Gasteiger partial charge in [-0.1, -0.05) is 29.8 Å². The Bertz CT molecular complexity index is 1170. The molecule has 0 bridgehead atoms. The van der Waals surface area contributed by atoms with Gasteiger partial charge >= 0.3 is 5.97 Å². The van der Waals surface area contributed by atoms with Crippen LogP contribution in [-0.4, -0.2) is 37.2 Å². The Morgan fingerprint density at radius 3 is 2.83 bits per heavy atom. The highest BCUT2D eigenvalue weighted by atomic mass is 35.5. The molecule has 0 saturated carbocycles. The Kier molecular flexibility index (Phi) is 5.33. The predicted molar refractivity (Wildman–Crippen MR) is 109 cm³/mol. The minimum Gasteiger partial charge on any atom is -0.478 e. The van der Waals surface area contributed by atoms with E-state index in [4.69, 9.17) is 16.3 Å². The fraction of sp³-hybridized carbons (Fsp3) is 0.190. The maximum atomic E-state index is 11.5. The molecule has 0 aliphatic carbocycles. The Morgan fingerprint density at radius 1 is 1.28 bits per heavy atom. The van der Waals surface area contributed by atoms with Gasteiger partial charge in [0, 0.05) is 42.6 Å². The van der Waals surface area contributed by atoms with Crippen LogP contribution in [0.5, 0.6) is 0 Å². The quantitative estimate of drug-likeness (QED) is 0.480. The van der Waals surface area contributed by atoms with Crippen LogP contribution < -0.4 is 0 Å². The van der Waals surface area contributed by atoms with E-state index in [-0.39, 0.29) is 5.56 Å². The normalized spacial score (nSPS) is 12.3. The number of benzene rings is 1. The molecule has 1 aromatic carbocycles. The summed E-state index contributed by atoms with van der Waals surface area (Å²) in [5.41, 5.74) is 2.66. The number of ether oxygens (including phenoxy) is 1. The van der Waals surface area contributed by atoms with Gasteiger partial charge in [-0.2, -0.15) is 0 Å². The van der Waals surface area contributed by atoms with Crippen molar-refractivity contribution in [2.24, 2.45) is 7.05 Å². The van der Waals surface area contributed by atoms with Gasteiger partial charge in [-0.15, -0.1) is 0 Å². The summed E-state index contributed by atoms with van der Waals surface area (Å²) in [6.07, 6.45) is 5.24. The van der Waals surface area contributed by atoms with E-state index in [1.807, 2.05) is 36.0 Å². The molecule has 0 spiro atoms. The maximum absolute atomic E-state index is 11.5. The van der Waals surface area contributed by atoms with Gasteiger partial charge in [0.1, 0.15) is 11.9 Å². The van der Waals surface area contributed by atoms with Gasteiger partial charge < -0.3 is 19.4 Å². The molecule has 0 aliphatic rings. The molecule has 4 aromatic rings. The fourth-order valence-corrected chi connectivity index (χ4v) is 3.54. The first-order chi connectivity index (χ1) is 14.0. The first kappa shape index (κ1) is 19.2. The molecule has 148 valence electrons. The van der Waals surface area contributed by atoms with Gasteiger partial charge in [0.05, 0.1) is 28.9 Å². The van der Waals surface area contributed by atoms with Gasteiger partial charge in [0.25, 0.3) is 0 Å². The van der Waals surface area contributed by atoms with Crippen LogP contribution in [0.4, 0.5) is 0 Å². The third kappa shape index (κ3) is 3.87. The Labute approximate surface area is 171 Å². The topological polar surface area (TPSA) is 93.0 Å². The standard InChI is InChI=1S/C21H19ClN4O3/c1-26-10-9-24-18(26)7-11-29-20(13-4-2-3-5-15(13)22)17-12-16-19(25-17)14(21(27)28)6-8-23-16/h2-6,8-10,12,20,25H,7,11H2,1H3,(H,27,28)/t20-/m0/s1. The molecule has 7 nitrogen and oxygen atoms in total. The van der Waals surface area contributed by atoms with Crippen LogP contribution in [0.1, 0.15) is 33.5 Å². The summed E-state index contributed by atoms with van der Waals surface area (Å²) in [5, 5.41) is 10.0. The summed E-state index contributed by atoms with van der Waals surface area (Å²) >= 11 is 6.43. The molecule has 0 amide bonds. The van der Waals surface area contributed by atoms with Crippen LogP contribution in [-0.2, 0) is 18.2 Å². The fourth-order valence-electron chi connectivity index (χ4n) is 3.31. The Hall–Kier alpha value is -3.16. The monoisotopic (exact) mass is 410 g/mol. The van der Waals surface area contributed by atoms with E-state index in [2.05, 4.69) is 15.0 Å². The van der Waals surface area contributed by atoms with Crippen molar-refractivity contribution in [2.45, 2.75) is 12.5 Å². The zero-order valence-corrected chi connectivity index (χ0v) is 16.4. The number of aryl methyl sites for hydroxylation is 1. The molecule has 1 atom stereocenters. The van der Waals surface area contributed by atoms with Crippen molar-refractivity contribution < 1.29 is 14.6 Å². The lowest BCUT2D eigenvalue weighted by Gasteiger charge is -2.18. The summed E-state index contributed by atoms with van der Waals surface area (Å²) in [4.78, 5) is 23.3. The van der Waals surface area contributed by atoms with E-state index >= 15 is 0 Å². The van der Waals surface area contributed by atoms with Gasteiger partial charge in [-0.3, -0.25) is 4.98 Å². The molecule has 0 saturated heterocycles. The van der Waals surface area contributed by atoms with Crippen LogP contribution in [0.25, 0.3) is 11.0 Å². The number of aromatic nitrogens is 4. The third-order valence-corrected chi connectivity index (χ3v) is 5.12. The minimum atomic E-state index is -1.02. The number of rotatable bonds is 7. The lowest BCUT2D eigenvalue weighted by Crippen LogP contribution is -2.11. The highest BCUT2D eigenvalue weighted by Gasteiger charge is 2.22. The number of aromatic carboxylic acids is 1. The second-order valence-electron chi connectivity index (χ2n) is 6.63. The number of hydrogen-bond acceptors (Lipinski definition) is 4. The van der Waals surface area contributed by atoms with Gasteiger partial charge in [-0.25, -0.2) is 9.78 Å². The minimum absolute atomic E-state index is 0.159. The highest BCUT2D eigenvalue weighted by Crippen LogP contribution is 2.33. The number of fused-ring (bicyclic) bond motifs is 1. The SMILES string of the molecule is Cn1ccnc1CCO[C@H](c1cc2nccc(C(=O)O)c2[nH]1)c1ccccc1Cl. The maximum Gasteiger partial charge on any atom is 0.337 e. The van der Waals surface area contributed by atoms with Crippen molar-refractivity contribution in [3.05, 3.63) is 82.7 Å². The number of hydrogen-bond donors (Lipinski definition) is 2. The summed E-state index contributed by atoms with van der Waals surface area (Å²) in [6.45, 7) is 0.412. The summed E-state index contributed by atoms with van der Waals surface area (Å²) in [6, 6.07) is 10.7. The number of carbonyl (C=O) groups is 1. The van der Waals surface area contributed by atoms with E-state index < -0.39 is 12.1 Å².